The largest absolute Gasteiger partial charge is 0.325 e. The topological polar surface area (TPSA) is 151 Å². The predicted molar refractivity (Wildman–Crippen MR) is 50.9 cm³/mol. The minimum absolute atomic E-state index is 0.988. The van der Waals surface area contributed by atoms with Crippen LogP contribution in [0, 0.1) is 0 Å². The summed E-state index contributed by atoms with van der Waals surface area (Å²) in [6.45, 7) is 0. The van der Waals surface area contributed by atoms with Gasteiger partial charge in [0, 0.05) is 0 Å². The summed E-state index contributed by atoms with van der Waals surface area (Å²) in [4.78, 5) is 67.1. The van der Waals surface area contributed by atoms with Gasteiger partial charge < -0.3 is 10.6 Å². The number of ketones is 2. The summed E-state index contributed by atoms with van der Waals surface area (Å²) in [5, 5.41) is 7.35. The van der Waals surface area contributed by atoms with Gasteiger partial charge >= 0.3 is 12.1 Å². The number of imide groups is 2. The smallest absolute Gasteiger partial charge is 0.322 e. The number of urea groups is 2. The van der Waals surface area contributed by atoms with E-state index >= 15 is 0 Å². The zero-order chi connectivity index (χ0) is 13.4. The van der Waals surface area contributed by atoms with Crippen LogP contribution in [0.25, 0.3) is 0 Å². The van der Waals surface area contributed by atoms with E-state index in [2.05, 4.69) is 0 Å². The fraction of sp³-hybridized carbons (Fsp3) is 0.250. The molecule has 2 aliphatic rings. The van der Waals surface area contributed by atoms with Gasteiger partial charge in [-0.3, -0.25) is 29.8 Å². The van der Waals surface area contributed by atoms with E-state index in [1.54, 1.807) is 10.6 Å². The van der Waals surface area contributed by atoms with E-state index < -0.39 is 47.5 Å². The van der Waals surface area contributed by atoms with Crippen molar-refractivity contribution in [2.75, 3.05) is 0 Å². The predicted octanol–water partition coefficient (Wildman–Crippen LogP) is -3.46. The molecule has 4 N–H and O–H groups in total. The second-order valence-corrected chi connectivity index (χ2v) is 3.54. The Morgan fingerprint density at radius 3 is 1.28 bits per heavy atom. The molecule has 0 aromatic rings. The van der Waals surface area contributed by atoms with Gasteiger partial charge in [0.1, 0.15) is 12.1 Å². The third kappa shape index (κ3) is 1.79. The lowest BCUT2D eigenvalue weighted by molar-refractivity contribution is -0.143. The van der Waals surface area contributed by atoms with Crippen molar-refractivity contribution in [3.8, 4) is 0 Å². The standard InChI is InChI=1S/C8H6N4O6/c13-3-1(9-7(17)11-5(3)15)2-4(14)6(16)12-8(18)10-2/h1-2H,(H2,9,11,15,17)(H2,10,12,16,18). The highest BCUT2D eigenvalue weighted by Crippen LogP contribution is 2.05. The van der Waals surface area contributed by atoms with Crippen molar-refractivity contribution in [3.05, 3.63) is 0 Å². The monoisotopic (exact) mass is 254 g/mol. The van der Waals surface area contributed by atoms with Gasteiger partial charge in [-0.2, -0.15) is 0 Å². The van der Waals surface area contributed by atoms with Crippen LogP contribution < -0.4 is 21.3 Å². The van der Waals surface area contributed by atoms with Crippen molar-refractivity contribution >= 4 is 35.4 Å². The van der Waals surface area contributed by atoms with Crippen LogP contribution in [-0.4, -0.2) is 47.5 Å². The molecule has 94 valence electrons. The van der Waals surface area contributed by atoms with Gasteiger partial charge in [-0.25, -0.2) is 9.59 Å². The second kappa shape index (κ2) is 3.91. The number of amides is 6. The van der Waals surface area contributed by atoms with E-state index in [9.17, 15) is 28.8 Å². The maximum Gasteiger partial charge on any atom is 0.322 e. The zero-order valence-corrected chi connectivity index (χ0v) is 8.60. The van der Waals surface area contributed by atoms with Crippen molar-refractivity contribution in [2.45, 2.75) is 12.1 Å². The van der Waals surface area contributed by atoms with Crippen molar-refractivity contribution in [1.29, 1.82) is 0 Å². The maximum absolute atomic E-state index is 11.5. The van der Waals surface area contributed by atoms with Crippen LogP contribution in [0.3, 0.4) is 0 Å². The normalized spacial score (nSPS) is 28.2. The molecule has 2 unspecified atom stereocenters. The van der Waals surface area contributed by atoms with Crippen LogP contribution in [0.1, 0.15) is 0 Å². The molecule has 6 amide bonds. The van der Waals surface area contributed by atoms with E-state index in [4.69, 9.17) is 0 Å². The van der Waals surface area contributed by atoms with Crippen LogP contribution in [-0.2, 0) is 19.2 Å². The van der Waals surface area contributed by atoms with Gasteiger partial charge in [0.25, 0.3) is 11.8 Å². The summed E-state index contributed by atoms with van der Waals surface area (Å²) in [5.41, 5.74) is 0. The SMILES string of the molecule is O=C1NC(=O)C(=O)C(C2NC(=O)NC(=O)C2=O)N1. The van der Waals surface area contributed by atoms with E-state index in [1.807, 2.05) is 10.6 Å². The lowest BCUT2D eigenvalue weighted by Crippen LogP contribution is -2.71. The van der Waals surface area contributed by atoms with E-state index in [0.29, 0.717) is 0 Å². The Morgan fingerprint density at radius 2 is 0.944 bits per heavy atom. The molecule has 2 fully saturated rings. The molecular formula is C8H6N4O6. The lowest BCUT2D eigenvalue weighted by Gasteiger charge is -2.30. The minimum Gasteiger partial charge on any atom is -0.325 e. The van der Waals surface area contributed by atoms with Gasteiger partial charge in [-0.15, -0.1) is 0 Å². The van der Waals surface area contributed by atoms with E-state index in [-0.39, 0.29) is 0 Å². The van der Waals surface area contributed by atoms with Crippen LogP contribution >= 0.6 is 0 Å². The Bertz CT molecular complexity index is 466. The van der Waals surface area contributed by atoms with Crippen LogP contribution in [0.4, 0.5) is 9.59 Å². The summed E-state index contributed by atoms with van der Waals surface area (Å²) in [5.74, 6) is -4.67. The Labute approximate surface area is 98.5 Å². The molecule has 2 atom stereocenters. The molecular weight excluding hydrogens is 248 g/mol. The third-order valence-corrected chi connectivity index (χ3v) is 2.37. The quantitative estimate of drug-likeness (QED) is 0.357. The summed E-state index contributed by atoms with van der Waals surface area (Å²) >= 11 is 0. The van der Waals surface area contributed by atoms with E-state index in [1.165, 1.54) is 0 Å². The number of nitrogens with one attached hydrogen (secondary N) is 4. The minimum atomic E-state index is -1.59. The molecule has 18 heavy (non-hydrogen) atoms. The van der Waals surface area contributed by atoms with Crippen molar-refractivity contribution in [3.63, 3.8) is 0 Å². The van der Waals surface area contributed by atoms with Gasteiger partial charge in [0.2, 0.25) is 11.6 Å². The lowest BCUT2D eigenvalue weighted by atomic mass is 9.96. The Balaban J connectivity index is 2.28. The molecule has 2 aliphatic heterocycles. The molecule has 10 nitrogen and oxygen atoms in total. The molecule has 0 aromatic heterocycles. The molecule has 0 saturated carbocycles. The summed E-state index contributed by atoms with van der Waals surface area (Å²) in [7, 11) is 0. The number of hydrogen-bond acceptors (Lipinski definition) is 6. The molecule has 2 heterocycles. The highest BCUT2D eigenvalue weighted by molar-refractivity contribution is 6.47. The maximum atomic E-state index is 11.5. The molecule has 0 radical (unpaired) electrons. The number of carbonyl (C=O) groups excluding carboxylic acids is 6. The molecule has 10 heteroatoms. The van der Waals surface area contributed by atoms with Crippen molar-refractivity contribution in [2.24, 2.45) is 0 Å². The molecule has 2 saturated heterocycles. The summed E-state index contributed by atoms with van der Waals surface area (Å²) in [6.07, 6.45) is 0. The average Bonchev–Trinajstić information content (AvgIpc) is 2.28. The molecule has 2 rings (SSSR count). The first-order valence-electron chi connectivity index (χ1n) is 4.71. The highest BCUT2D eigenvalue weighted by atomic mass is 16.2. The number of hydrogen-bond donors (Lipinski definition) is 4. The highest BCUT2D eigenvalue weighted by Gasteiger charge is 2.46. The first-order valence-corrected chi connectivity index (χ1v) is 4.71. The molecule has 0 aromatic carbocycles. The van der Waals surface area contributed by atoms with Gasteiger partial charge in [0.15, 0.2) is 0 Å². The second-order valence-electron chi connectivity index (χ2n) is 3.54. The molecule has 0 aliphatic carbocycles. The van der Waals surface area contributed by atoms with Crippen LogP contribution in [0.15, 0.2) is 0 Å². The van der Waals surface area contributed by atoms with Crippen molar-refractivity contribution < 1.29 is 28.8 Å². The molecule has 0 spiro atoms. The number of rotatable bonds is 1. The van der Waals surface area contributed by atoms with Crippen LogP contribution in [0.5, 0.6) is 0 Å². The third-order valence-electron chi connectivity index (χ3n) is 2.37. The Kier molecular flexibility index (Phi) is 2.54. The first kappa shape index (κ1) is 11.7. The fourth-order valence-corrected chi connectivity index (χ4v) is 1.57. The summed E-state index contributed by atoms with van der Waals surface area (Å²) in [6, 6.07) is -5.15. The zero-order valence-electron chi connectivity index (χ0n) is 8.60. The fourth-order valence-electron chi connectivity index (χ4n) is 1.57. The van der Waals surface area contributed by atoms with E-state index in [0.717, 1.165) is 0 Å². The Morgan fingerprint density at radius 1 is 0.611 bits per heavy atom. The van der Waals surface area contributed by atoms with Crippen LogP contribution in [0.2, 0.25) is 0 Å². The number of carbonyl (C=O) groups is 6. The first-order chi connectivity index (χ1) is 8.40. The summed E-state index contributed by atoms with van der Waals surface area (Å²) < 4.78 is 0. The Hall–Kier alpha value is -2.78. The van der Waals surface area contributed by atoms with Gasteiger partial charge in [0.05, 0.1) is 0 Å². The average molecular weight is 254 g/mol. The van der Waals surface area contributed by atoms with Gasteiger partial charge in [-0.05, 0) is 0 Å². The van der Waals surface area contributed by atoms with Gasteiger partial charge in [-0.1, -0.05) is 0 Å². The molecule has 0 bridgehead atoms. The van der Waals surface area contributed by atoms with Crippen molar-refractivity contribution in [1.82, 2.24) is 21.3 Å². The number of Topliss-reactive ketones (excluding diaryl/α,β-unsaturated/α-hetero) is 2.